The van der Waals surface area contributed by atoms with Gasteiger partial charge in [-0.05, 0) is 68.7 Å². The van der Waals surface area contributed by atoms with Gasteiger partial charge in [-0.25, -0.2) is 10.2 Å². The van der Waals surface area contributed by atoms with E-state index in [9.17, 15) is 9.59 Å². The maximum atomic E-state index is 12.8. The zero-order chi connectivity index (χ0) is 25.1. The maximum Gasteiger partial charge on any atom is 0.379 e. The van der Waals surface area contributed by atoms with Crippen molar-refractivity contribution in [2.24, 2.45) is 5.10 Å². The number of esters is 1. The van der Waals surface area contributed by atoms with Crippen LogP contribution in [0.25, 0.3) is 0 Å². The highest BCUT2D eigenvalue weighted by molar-refractivity contribution is 6.35. The number of hydrogen-bond acceptors (Lipinski definition) is 6. The molecule has 182 valence electrons. The van der Waals surface area contributed by atoms with Gasteiger partial charge in [-0.15, -0.1) is 0 Å². The summed E-state index contributed by atoms with van der Waals surface area (Å²) >= 11 is 18.0. The van der Waals surface area contributed by atoms with Crippen molar-refractivity contribution in [3.8, 4) is 11.5 Å². The van der Waals surface area contributed by atoms with Crippen molar-refractivity contribution >= 4 is 52.4 Å². The number of furan rings is 1. The van der Waals surface area contributed by atoms with Crippen molar-refractivity contribution in [1.29, 1.82) is 0 Å². The van der Waals surface area contributed by atoms with Gasteiger partial charge in [0.1, 0.15) is 17.3 Å². The van der Waals surface area contributed by atoms with Gasteiger partial charge >= 0.3 is 5.97 Å². The molecular formula is C25H21Cl3N2O5. The summed E-state index contributed by atoms with van der Waals surface area (Å²) in [6.45, 7) is 3.30. The molecule has 0 bridgehead atoms. The molecule has 1 amide bonds. The number of aryl methyl sites for hydroxylation is 2. The minimum absolute atomic E-state index is 0.101. The first-order chi connectivity index (χ1) is 16.7. The van der Waals surface area contributed by atoms with Gasteiger partial charge in [-0.3, -0.25) is 4.79 Å². The Balaban J connectivity index is 1.45. The van der Waals surface area contributed by atoms with Gasteiger partial charge in [0, 0.05) is 27.6 Å². The summed E-state index contributed by atoms with van der Waals surface area (Å²) in [5.41, 5.74) is 5.22. The third-order valence-corrected chi connectivity index (χ3v) is 6.37. The van der Waals surface area contributed by atoms with E-state index in [2.05, 4.69) is 10.5 Å². The Labute approximate surface area is 216 Å². The van der Waals surface area contributed by atoms with Gasteiger partial charge in [0.15, 0.2) is 6.61 Å². The predicted molar refractivity (Wildman–Crippen MR) is 134 cm³/mol. The first kappa shape index (κ1) is 25.1. The lowest BCUT2D eigenvalue weighted by Crippen LogP contribution is -2.27. The van der Waals surface area contributed by atoms with Gasteiger partial charge in [0.05, 0.1) is 10.7 Å². The molecule has 0 fully saturated rings. The summed E-state index contributed by atoms with van der Waals surface area (Å²) in [6, 6.07) is 9.68. The molecule has 0 saturated carbocycles. The number of nitrogens with zero attached hydrogens (tertiary/aromatic N) is 1. The van der Waals surface area contributed by atoms with E-state index >= 15 is 0 Å². The number of hydrazone groups is 1. The molecule has 0 saturated heterocycles. The molecule has 1 aromatic heterocycles. The summed E-state index contributed by atoms with van der Waals surface area (Å²) in [7, 11) is 0. The van der Waals surface area contributed by atoms with Crippen LogP contribution in [-0.2, 0) is 11.2 Å². The molecule has 7 nitrogen and oxygen atoms in total. The molecule has 1 heterocycles. The van der Waals surface area contributed by atoms with Crippen molar-refractivity contribution in [2.75, 3.05) is 6.61 Å². The van der Waals surface area contributed by atoms with Crippen molar-refractivity contribution < 1.29 is 23.5 Å². The number of halogens is 3. The highest BCUT2D eigenvalue weighted by Crippen LogP contribution is 2.31. The Morgan fingerprint density at radius 2 is 1.86 bits per heavy atom. The first-order valence-electron chi connectivity index (χ1n) is 10.8. The Morgan fingerprint density at radius 1 is 1.06 bits per heavy atom. The minimum Gasteiger partial charge on any atom is -0.482 e. The fraction of sp³-hybridized carbons (Fsp3) is 0.240. The van der Waals surface area contributed by atoms with E-state index in [-0.39, 0.29) is 12.4 Å². The SMILES string of the molecule is Cc1cc(OC(=O)c2oc3c(c2C)/C(=N/NC(=O)COc2ccc(Cl)cc2Cl)CCC3)ccc1Cl. The largest absolute Gasteiger partial charge is 0.482 e. The van der Waals surface area contributed by atoms with Crippen LogP contribution in [0.15, 0.2) is 45.9 Å². The third kappa shape index (κ3) is 5.81. The standard InChI is InChI=1S/C25H21Cl3N2O5/c1-13-10-16(7-8-17(13)27)34-25(32)24-14(2)23-19(4-3-5-21(23)35-24)29-30-22(31)12-33-20-9-6-15(26)11-18(20)28/h6-11H,3-5,12H2,1-2H3,(H,30,31)/b29-19+. The molecule has 10 heteroatoms. The highest BCUT2D eigenvalue weighted by atomic mass is 35.5. The molecule has 2 aromatic carbocycles. The number of benzene rings is 2. The van der Waals surface area contributed by atoms with Crippen LogP contribution in [0.4, 0.5) is 0 Å². The monoisotopic (exact) mass is 534 g/mol. The number of carbonyl (C=O) groups is 2. The molecule has 1 aliphatic rings. The zero-order valence-corrected chi connectivity index (χ0v) is 21.2. The minimum atomic E-state index is -0.616. The molecule has 4 rings (SSSR count). The first-order valence-corrected chi connectivity index (χ1v) is 11.9. The van der Waals surface area contributed by atoms with E-state index < -0.39 is 11.9 Å². The maximum absolute atomic E-state index is 12.8. The lowest BCUT2D eigenvalue weighted by atomic mass is 9.93. The van der Waals surface area contributed by atoms with Crippen molar-refractivity contribution in [2.45, 2.75) is 33.1 Å². The third-order valence-electron chi connectivity index (χ3n) is 5.42. The molecule has 0 atom stereocenters. The molecule has 1 aliphatic carbocycles. The van der Waals surface area contributed by atoms with Gasteiger partial charge in [-0.2, -0.15) is 5.10 Å². The van der Waals surface area contributed by atoms with Crippen molar-refractivity contribution in [1.82, 2.24) is 5.43 Å². The van der Waals surface area contributed by atoms with Crippen molar-refractivity contribution in [3.63, 3.8) is 0 Å². The molecule has 3 aromatic rings. The van der Waals surface area contributed by atoms with Crippen LogP contribution in [0, 0.1) is 13.8 Å². The van der Waals surface area contributed by atoms with E-state index in [4.69, 9.17) is 48.7 Å². The summed E-state index contributed by atoms with van der Waals surface area (Å²) < 4.78 is 16.8. The van der Waals surface area contributed by atoms with E-state index in [0.29, 0.717) is 62.0 Å². The number of nitrogens with one attached hydrogen (secondary N) is 1. The second-order valence-electron chi connectivity index (χ2n) is 7.97. The number of fused-ring (bicyclic) bond motifs is 1. The second kappa shape index (κ2) is 10.7. The van der Waals surface area contributed by atoms with Crippen LogP contribution in [-0.4, -0.2) is 24.2 Å². The van der Waals surface area contributed by atoms with Crippen LogP contribution in [0.2, 0.25) is 15.1 Å². The quantitative estimate of drug-likeness (QED) is 0.227. The molecule has 0 spiro atoms. The Hall–Kier alpha value is -3.00. The highest BCUT2D eigenvalue weighted by Gasteiger charge is 2.29. The molecule has 0 unspecified atom stereocenters. The number of amides is 1. The fourth-order valence-electron chi connectivity index (χ4n) is 3.71. The predicted octanol–water partition coefficient (Wildman–Crippen LogP) is 6.31. The molecular weight excluding hydrogens is 515 g/mol. The van der Waals surface area contributed by atoms with E-state index in [1.54, 1.807) is 37.3 Å². The number of rotatable bonds is 6. The fourth-order valence-corrected chi connectivity index (χ4v) is 4.29. The topological polar surface area (TPSA) is 90.1 Å². The van der Waals surface area contributed by atoms with Gasteiger partial charge < -0.3 is 13.9 Å². The van der Waals surface area contributed by atoms with Crippen LogP contribution in [0.5, 0.6) is 11.5 Å². The van der Waals surface area contributed by atoms with Gasteiger partial charge in [-0.1, -0.05) is 34.8 Å². The van der Waals surface area contributed by atoms with Crippen LogP contribution >= 0.6 is 34.8 Å². The lowest BCUT2D eigenvalue weighted by Gasteiger charge is -2.13. The number of hydrogen-bond donors (Lipinski definition) is 1. The summed E-state index contributed by atoms with van der Waals surface area (Å²) in [5, 5.41) is 5.62. The van der Waals surface area contributed by atoms with Crippen LogP contribution in [0.3, 0.4) is 0 Å². The van der Waals surface area contributed by atoms with E-state index in [1.165, 1.54) is 6.07 Å². The van der Waals surface area contributed by atoms with Gasteiger partial charge in [0.25, 0.3) is 5.91 Å². The lowest BCUT2D eigenvalue weighted by molar-refractivity contribution is -0.123. The van der Waals surface area contributed by atoms with Crippen LogP contribution < -0.4 is 14.9 Å². The summed E-state index contributed by atoms with van der Waals surface area (Å²) in [5.74, 6) is 0.357. The Morgan fingerprint density at radius 3 is 2.60 bits per heavy atom. The summed E-state index contributed by atoms with van der Waals surface area (Å²) in [6.07, 6.45) is 2.02. The Kier molecular flexibility index (Phi) is 7.69. The van der Waals surface area contributed by atoms with Crippen molar-refractivity contribution in [3.05, 3.63) is 79.7 Å². The molecule has 35 heavy (non-hydrogen) atoms. The number of carbonyl (C=O) groups excluding carboxylic acids is 2. The summed E-state index contributed by atoms with van der Waals surface area (Å²) in [4.78, 5) is 25.1. The average molecular weight is 536 g/mol. The normalized spacial score (nSPS) is 13.9. The second-order valence-corrected chi connectivity index (χ2v) is 9.22. The van der Waals surface area contributed by atoms with Crippen LogP contribution in [0.1, 0.15) is 45.8 Å². The van der Waals surface area contributed by atoms with E-state index in [0.717, 1.165) is 12.0 Å². The molecule has 1 N–H and O–H groups in total. The Bertz CT molecular complexity index is 1330. The molecule has 0 radical (unpaired) electrons. The molecule has 0 aliphatic heterocycles. The van der Waals surface area contributed by atoms with E-state index in [1.807, 2.05) is 6.92 Å². The average Bonchev–Trinajstić information content (AvgIpc) is 3.17. The smallest absolute Gasteiger partial charge is 0.379 e. The zero-order valence-electron chi connectivity index (χ0n) is 18.9. The number of ether oxygens (including phenoxy) is 2. The van der Waals surface area contributed by atoms with Gasteiger partial charge in [0.2, 0.25) is 5.76 Å².